The molecule has 0 aliphatic carbocycles. The van der Waals surface area contributed by atoms with Crippen LogP contribution in [0.1, 0.15) is 53.0 Å². The molecule has 1 unspecified atom stereocenters. The lowest BCUT2D eigenvalue weighted by atomic mass is 10.0. The average molecular weight is 502 g/mol. The third-order valence-electron chi connectivity index (χ3n) is 6.41. The summed E-state index contributed by atoms with van der Waals surface area (Å²) in [6.45, 7) is 5.62. The van der Waals surface area contributed by atoms with Gasteiger partial charge in [-0.3, -0.25) is 14.6 Å². The van der Waals surface area contributed by atoms with Gasteiger partial charge < -0.3 is 10.3 Å². The number of carbonyl (C=O) groups is 1. The number of fused-ring (bicyclic) bond motifs is 2. The Morgan fingerprint density at radius 2 is 1.84 bits per heavy atom. The number of amides is 1. The number of H-pyrrole nitrogens is 1. The molecule has 0 saturated heterocycles. The number of aromatic amines is 1. The fraction of sp³-hybridized carbons (Fsp3) is 0.214. The van der Waals surface area contributed by atoms with Crippen molar-refractivity contribution in [1.29, 1.82) is 0 Å². The maximum atomic E-state index is 13.9. The van der Waals surface area contributed by atoms with E-state index in [1.807, 2.05) is 45.0 Å². The van der Waals surface area contributed by atoms with Crippen molar-refractivity contribution in [3.8, 4) is 11.3 Å². The van der Waals surface area contributed by atoms with Gasteiger partial charge in [-0.1, -0.05) is 56.3 Å². The summed E-state index contributed by atoms with van der Waals surface area (Å²) >= 11 is 0. The van der Waals surface area contributed by atoms with Crippen LogP contribution in [0.2, 0.25) is 0 Å². The molecule has 7 nitrogen and oxygen atoms in total. The Kier molecular flexibility index (Phi) is 6.29. The second-order valence-corrected chi connectivity index (χ2v) is 9.27. The van der Waals surface area contributed by atoms with Crippen LogP contribution in [-0.4, -0.2) is 31.9 Å². The van der Waals surface area contributed by atoms with Crippen LogP contribution in [0.15, 0.2) is 71.8 Å². The lowest BCUT2D eigenvalue weighted by Gasteiger charge is -2.18. The topological polar surface area (TPSA) is 92.2 Å². The van der Waals surface area contributed by atoms with Crippen LogP contribution in [0.3, 0.4) is 0 Å². The molecule has 0 spiro atoms. The van der Waals surface area contributed by atoms with Crippen molar-refractivity contribution >= 4 is 22.3 Å². The summed E-state index contributed by atoms with van der Waals surface area (Å²) in [4.78, 5) is 33.8. The third kappa shape index (κ3) is 4.48. The number of carbonyl (C=O) groups excluding carboxylic acids is 1. The number of aryl methyl sites for hydroxylation is 1. The Labute approximate surface area is 211 Å². The van der Waals surface area contributed by atoms with Gasteiger partial charge in [0, 0.05) is 22.7 Å². The number of halogens is 2. The van der Waals surface area contributed by atoms with Crippen LogP contribution >= 0.6 is 0 Å². The first-order valence-corrected chi connectivity index (χ1v) is 11.9. The van der Waals surface area contributed by atoms with E-state index in [0.717, 1.165) is 16.5 Å². The zero-order valence-electron chi connectivity index (χ0n) is 20.5. The summed E-state index contributed by atoms with van der Waals surface area (Å²) in [6.07, 6.45) is 0.444. The summed E-state index contributed by atoms with van der Waals surface area (Å²) in [6, 6.07) is 14.3. The number of benzene rings is 2. The fourth-order valence-electron chi connectivity index (χ4n) is 4.57. The minimum absolute atomic E-state index is 0.0632. The van der Waals surface area contributed by atoms with Crippen molar-refractivity contribution in [2.24, 2.45) is 0 Å². The van der Waals surface area contributed by atoms with Crippen molar-refractivity contribution in [2.75, 3.05) is 0 Å². The van der Waals surface area contributed by atoms with E-state index >= 15 is 0 Å². The number of hydrogen-bond acceptors (Lipinski definition) is 4. The van der Waals surface area contributed by atoms with E-state index in [4.69, 9.17) is 0 Å². The van der Waals surface area contributed by atoms with Crippen LogP contribution < -0.4 is 10.9 Å². The minimum Gasteiger partial charge on any atom is -0.338 e. The van der Waals surface area contributed by atoms with Crippen LogP contribution in [0.5, 0.6) is 0 Å². The summed E-state index contributed by atoms with van der Waals surface area (Å²) in [5, 5.41) is 7.74. The first-order valence-electron chi connectivity index (χ1n) is 11.9. The first kappa shape index (κ1) is 24.3. The maximum absolute atomic E-state index is 13.9. The van der Waals surface area contributed by atoms with Crippen LogP contribution in [0, 0.1) is 6.92 Å². The van der Waals surface area contributed by atoms with Gasteiger partial charge in [0.15, 0.2) is 5.69 Å². The van der Waals surface area contributed by atoms with Gasteiger partial charge in [0.05, 0.1) is 17.4 Å². The predicted molar refractivity (Wildman–Crippen MR) is 138 cm³/mol. The molecule has 5 aromatic rings. The van der Waals surface area contributed by atoms with Crippen molar-refractivity contribution in [3.05, 3.63) is 99.7 Å². The molecular formula is C28H25F2N5O2. The van der Waals surface area contributed by atoms with E-state index in [2.05, 4.69) is 20.4 Å². The molecule has 1 atom stereocenters. The molecule has 0 aliphatic heterocycles. The predicted octanol–water partition coefficient (Wildman–Crippen LogP) is 5.41. The van der Waals surface area contributed by atoms with Crippen molar-refractivity contribution in [2.45, 2.75) is 39.2 Å². The average Bonchev–Trinajstić information content (AvgIpc) is 3.28. The molecule has 2 N–H and O–H groups in total. The first-order chi connectivity index (χ1) is 17.7. The summed E-state index contributed by atoms with van der Waals surface area (Å²) in [5.74, 6) is -1.04. The Balaban J connectivity index is 1.60. The SMILES string of the molecule is Cc1cccc2ncc(-c3cn4nc(C(=O)NC(c5ccccc5)C(F)F)c(C(C)C)c4c(=O)[nH]3)cc12. The minimum atomic E-state index is -2.83. The highest BCUT2D eigenvalue weighted by molar-refractivity contribution is 5.96. The zero-order chi connectivity index (χ0) is 26.3. The maximum Gasteiger partial charge on any atom is 0.274 e. The molecule has 0 bridgehead atoms. The lowest BCUT2D eigenvalue weighted by Crippen LogP contribution is -2.33. The van der Waals surface area contributed by atoms with Gasteiger partial charge in [-0.05, 0) is 36.1 Å². The Morgan fingerprint density at radius 1 is 1.08 bits per heavy atom. The van der Waals surface area contributed by atoms with Gasteiger partial charge >= 0.3 is 0 Å². The van der Waals surface area contributed by atoms with Crippen LogP contribution in [-0.2, 0) is 0 Å². The van der Waals surface area contributed by atoms with Crippen molar-refractivity contribution in [3.63, 3.8) is 0 Å². The molecule has 37 heavy (non-hydrogen) atoms. The molecular weight excluding hydrogens is 476 g/mol. The Morgan fingerprint density at radius 3 is 2.54 bits per heavy atom. The quantitative estimate of drug-likeness (QED) is 0.326. The lowest BCUT2D eigenvalue weighted by molar-refractivity contribution is 0.0739. The molecule has 188 valence electrons. The summed E-state index contributed by atoms with van der Waals surface area (Å²) in [7, 11) is 0. The second-order valence-electron chi connectivity index (χ2n) is 9.27. The number of nitrogens with one attached hydrogen (secondary N) is 2. The molecule has 1 amide bonds. The molecule has 3 aromatic heterocycles. The number of hydrogen-bond donors (Lipinski definition) is 2. The van der Waals surface area contributed by atoms with Crippen molar-refractivity contribution in [1.82, 2.24) is 24.9 Å². The molecule has 0 saturated carbocycles. The summed E-state index contributed by atoms with van der Waals surface area (Å²) in [5.41, 5.74) is 3.38. The van der Waals surface area contributed by atoms with Gasteiger partial charge in [-0.15, -0.1) is 0 Å². The highest BCUT2D eigenvalue weighted by Gasteiger charge is 2.29. The fourth-order valence-corrected chi connectivity index (χ4v) is 4.57. The largest absolute Gasteiger partial charge is 0.338 e. The van der Waals surface area contributed by atoms with E-state index < -0.39 is 23.9 Å². The molecule has 2 aromatic carbocycles. The van der Waals surface area contributed by atoms with E-state index in [-0.39, 0.29) is 22.7 Å². The van der Waals surface area contributed by atoms with Gasteiger partial charge in [0.25, 0.3) is 17.9 Å². The zero-order valence-corrected chi connectivity index (χ0v) is 20.5. The highest BCUT2D eigenvalue weighted by Crippen LogP contribution is 2.27. The summed E-state index contributed by atoms with van der Waals surface area (Å²) < 4.78 is 29.1. The Hall–Kier alpha value is -4.40. The molecule has 5 rings (SSSR count). The van der Waals surface area contributed by atoms with E-state index in [1.54, 1.807) is 30.6 Å². The van der Waals surface area contributed by atoms with E-state index in [9.17, 15) is 18.4 Å². The van der Waals surface area contributed by atoms with Crippen LogP contribution in [0.4, 0.5) is 8.78 Å². The van der Waals surface area contributed by atoms with E-state index in [1.165, 1.54) is 16.6 Å². The highest BCUT2D eigenvalue weighted by atomic mass is 19.3. The molecule has 0 aliphatic rings. The smallest absolute Gasteiger partial charge is 0.274 e. The van der Waals surface area contributed by atoms with Crippen LogP contribution in [0.25, 0.3) is 27.7 Å². The molecule has 3 heterocycles. The van der Waals surface area contributed by atoms with Gasteiger partial charge in [0.1, 0.15) is 11.6 Å². The van der Waals surface area contributed by atoms with Gasteiger partial charge in [-0.2, -0.15) is 5.10 Å². The molecule has 9 heteroatoms. The molecule has 0 fully saturated rings. The monoisotopic (exact) mass is 501 g/mol. The number of nitrogens with zero attached hydrogens (tertiary/aromatic N) is 3. The van der Waals surface area contributed by atoms with Crippen molar-refractivity contribution < 1.29 is 13.6 Å². The second kappa shape index (κ2) is 9.57. The standard InChI is InChI=1S/C28H25F2N5O2/c1-15(2)22-24(27(36)33-23(26(29)30)17-9-5-4-6-10-17)34-35-14-21(32-28(37)25(22)35)18-12-19-16(3)8-7-11-20(19)31-13-18/h4-15,23,26H,1-3H3,(H,32,37)(H,33,36). The van der Waals surface area contributed by atoms with Gasteiger partial charge in [-0.25, -0.2) is 13.3 Å². The Bertz CT molecular complexity index is 1680. The molecule has 0 radical (unpaired) electrons. The number of pyridine rings is 1. The number of alkyl halides is 2. The van der Waals surface area contributed by atoms with E-state index in [0.29, 0.717) is 16.8 Å². The van der Waals surface area contributed by atoms with Gasteiger partial charge in [0.2, 0.25) is 0 Å². The number of aromatic nitrogens is 4. The number of rotatable bonds is 6. The third-order valence-corrected chi connectivity index (χ3v) is 6.41. The normalized spacial score (nSPS) is 12.5.